The normalized spacial score (nSPS) is 12.8. The summed E-state index contributed by atoms with van der Waals surface area (Å²) in [6.07, 6.45) is -0.0541. The highest BCUT2D eigenvalue weighted by atomic mass is 35.5. The maximum Gasteiger partial charge on any atom is 0.261 e. The fraction of sp³-hybridized carbons (Fsp3) is 0.200. The number of hydrogen-bond acceptors (Lipinski definition) is 4. The summed E-state index contributed by atoms with van der Waals surface area (Å²) in [6.45, 7) is -0.0247. The molecule has 0 aliphatic carbocycles. The molecule has 144 valence electrons. The number of amides is 4. The van der Waals surface area contributed by atoms with E-state index < -0.39 is 11.8 Å². The van der Waals surface area contributed by atoms with Gasteiger partial charge < -0.3 is 10.2 Å². The fourth-order valence-corrected chi connectivity index (χ4v) is 3.15. The molecule has 2 aromatic carbocycles. The number of fused-ring (bicyclic) bond motifs is 1. The van der Waals surface area contributed by atoms with E-state index in [2.05, 4.69) is 5.32 Å². The predicted octanol–water partition coefficient (Wildman–Crippen LogP) is 2.67. The van der Waals surface area contributed by atoms with E-state index >= 15 is 0 Å². The first-order valence-corrected chi connectivity index (χ1v) is 8.93. The van der Waals surface area contributed by atoms with Gasteiger partial charge in [0.25, 0.3) is 17.7 Å². The number of rotatable bonds is 5. The van der Waals surface area contributed by atoms with Crippen molar-refractivity contribution in [2.45, 2.75) is 6.42 Å². The van der Waals surface area contributed by atoms with Crippen molar-refractivity contribution in [2.75, 3.05) is 26.0 Å². The van der Waals surface area contributed by atoms with Gasteiger partial charge >= 0.3 is 0 Å². The average molecular weight is 400 g/mol. The Morgan fingerprint density at radius 1 is 1.04 bits per heavy atom. The smallest absolute Gasteiger partial charge is 0.261 e. The van der Waals surface area contributed by atoms with Gasteiger partial charge in [-0.15, -0.1) is 0 Å². The van der Waals surface area contributed by atoms with E-state index in [4.69, 9.17) is 11.6 Å². The molecule has 1 N–H and O–H groups in total. The van der Waals surface area contributed by atoms with Gasteiger partial charge in [-0.1, -0.05) is 23.7 Å². The van der Waals surface area contributed by atoms with Crippen LogP contribution in [0.4, 0.5) is 5.69 Å². The molecule has 0 atom stereocenters. The molecular formula is C20H18ClN3O4. The van der Waals surface area contributed by atoms with Crippen LogP contribution in [-0.2, 0) is 4.79 Å². The van der Waals surface area contributed by atoms with E-state index in [0.29, 0.717) is 22.4 Å². The summed E-state index contributed by atoms with van der Waals surface area (Å²) in [5.74, 6) is -1.42. The van der Waals surface area contributed by atoms with E-state index in [-0.39, 0.29) is 29.8 Å². The highest BCUT2D eigenvalue weighted by Crippen LogP contribution is 2.24. The summed E-state index contributed by atoms with van der Waals surface area (Å²) >= 11 is 6.13. The molecule has 0 unspecified atom stereocenters. The van der Waals surface area contributed by atoms with Crippen LogP contribution in [0.1, 0.15) is 37.5 Å². The zero-order valence-corrected chi connectivity index (χ0v) is 16.1. The summed E-state index contributed by atoms with van der Waals surface area (Å²) in [4.78, 5) is 51.3. The molecule has 28 heavy (non-hydrogen) atoms. The maximum absolute atomic E-state index is 12.3. The molecule has 8 heteroatoms. The standard InChI is InChI=1S/C20H18ClN3O4/c1-23(2)18(26)15-8-7-12(11-16(15)21)22-17(25)9-10-24-19(27)13-5-3-4-6-14(13)20(24)28/h3-8,11H,9-10H2,1-2H3,(H,22,25). The summed E-state index contributed by atoms with van der Waals surface area (Å²) in [7, 11) is 3.24. The van der Waals surface area contributed by atoms with Crippen molar-refractivity contribution in [1.82, 2.24) is 9.80 Å². The lowest BCUT2D eigenvalue weighted by Crippen LogP contribution is -2.32. The van der Waals surface area contributed by atoms with Crippen LogP contribution in [-0.4, -0.2) is 54.1 Å². The number of anilines is 1. The first kappa shape index (κ1) is 19.6. The highest BCUT2D eigenvalue weighted by Gasteiger charge is 2.34. The van der Waals surface area contributed by atoms with Gasteiger partial charge in [-0.3, -0.25) is 24.1 Å². The average Bonchev–Trinajstić information content (AvgIpc) is 2.90. The van der Waals surface area contributed by atoms with E-state index in [0.717, 1.165) is 4.90 Å². The minimum atomic E-state index is -0.400. The summed E-state index contributed by atoms with van der Waals surface area (Å²) in [5, 5.41) is 2.87. The lowest BCUT2D eigenvalue weighted by molar-refractivity contribution is -0.116. The molecule has 0 fully saturated rings. The van der Waals surface area contributed by atoms with Crippen LogP contribution in [0.3, 0.4) is 0 Å². The minimum Gasteiger partial charge on any atom is -0.345 e. The zero-order chi connectivity index (χ0) is 20.4. The van der Waals surface area contributed by atoms with Gasteiger partial charge in [0.05, 0.1) is 21.7 Å². The molecule has 0 aromatic heterocycles. The third-order valence-electron chi connectivity index (χ3n) is 4.33. The molecule has 3 rings (SSSR count). The number of nitrogens with one attached hydrogen (secondary N) is 1. The monoisotopic (exact) mass is 399 g/mol. The largest absolute Gasteiger partial charge is 0.345 e. The van der Waals surface area contributed by atoms with Crippen molar-refractivity contribution in [2.24, 2.45) is 0 Å². The summed E-state index contributed by atoms with van der Waals surface area (Å²) < 4.78 is 0. The number of benzene rings is 2. The Labute approximate surface area is 166 Å². The Morgan fingerprint density at radius 2 is 1.64 bits per heavy atom. The predicted molar refractivity (Wildman–Crippen MR) is 105 cm³/mol. The Bertz CT molecular complexity index is 952. The highest BCUT2D eigenvalue weighted by molar-refractivity contribution is 6.34. The van der Waals surface area contributed by atoms with Crippen LogP contribution in [0.15, 0.2) is 42.5 Å². The third kappa shape index (κ3) is 3.75. The molecular weight excluding hydrogens is 382 g/mol. The SMILES string of the molecule is CN(C)C(=O)c1ccc(NC(=O)CCN2C(=O)c3ccccc3C2=O)cc1Cl. The Morgan fingerprint density at radius 3 is 2.18 bits per heavy atom. The van der Waals surface area contributed by atoms with Gasteiger partial charge in [0.2, 0.25) is 5.91 Å². The maximum atomic E-state index is 12.3. The molecule has 1 aliphatic rings. The number of nitrogens with zero attached hydrogens (tertiary/aromatic N) is 2. The quantitative estimate of drug-likeness (QED) is 0.783. The Kier molecular flexibility index (Phi) is 5.46. The van der Waals surface area contributed by atoms with Gasteiger partial charge in [-0.2, -0.15) is 0 Å². The first-order valence-electron chi connectivity index (χ1n) is 8.56. The molecule has 0 saturated heterocycles. The molecule has 0 bridgehead atoms. The van der Waals surface area contributed by atoms with E-state index in [1.54, 1.807) is 44.4 Å². The molecule has 4 amide bonds. The van der Waals surface area contributed by atoms with Crippen LogP contribution >= 0.6 is 11.6 Å². The minimum absolute atomic E-state index is 0.0247. The van der Waals surface area contributed by atoms with Gasteiger partial charge in [0, 0.05) is 32.7 Å². The summed E-state index contributed by atoms with van der Waals surface area (Å²) in [5.41, 5.74) is 1.45. The van der Waals surface area contributed by atoms with Gasteiger partial charge in [-0.05, 0) is 30.3 Å². The molecule has 0 spiro atoms. The van der Waals surface area contributed by atoms with E-state index in [1.165, 1.54) is 17.0 Å². The molecule has 1 heterocycles. The van der Waals surface area contributed by atoms with Crippen molar-refractivity contribution in [1.29, 1.82) is 0 Å². The lowest BCUT2D eigenvalue weighted by Gasteiger charge is -2.14. The van der Waals surface area contributed by atoms with E-state index in [9.17, 15) is 19.2 Å². The Hall–Kier alpha value is -3.19. The van der Waals surface area contributed by atoms with Crippen LogP contribution in [0.2, 0.25) is 5.02 Å². The van der Waals surface area contributed by atoms with Crippen molar-refractivity contribution in [3.05, 3.63) is 64.2 Å². The first-order chi connectivity index (χ1) is 13.3. The fourth-order valence-electron chi connectivity index (χ4n) is 2.89. The zero-order valence-electron chi connectivity index (χ0n) is 15.4. The number of hydrogen-bond donors (Lipinski definition) is 1. The van der Waals surface area contributed by atoms with Crippen LogP contribution in [0.25, 0.3) is 0 Å². The molecule has 0 radical (unpaired) electrons. The van der Waals surface area contributed by atoms with Crippen molar-refractivity contribution >= 4 is 40.9 Å². The summed E-state index contributed by atoms with van der Waals surface area (Å²) in [6, 6.07) is 11.1. The van der Waals surface area contributed by atoms with Gasteiger partial charge in [-0.25, -0.2) is 0 Å². The van der Waals surface area contributed by atoms with Gasteiger partial charge in [0.15, 0.2) is 0 Å². The van der Waals surface area contributed by atoms with Crippen LogP contribution < -0.4 is 5.32 Å². The van der Waals surface area contributed by atoms with Crippen LogP contribution in [0, 0.1) is 0 Å². The second kappa shape index (κ2) is 7.82. The number of halogens is 1. The van der Waals surface area contributed by atoms with Crippen molar-refractivity contribution < 1.29 is 19.2 Å². The second-order valence-electron chi connectivity index (χ2n) is 6.50. The second-order valence-corrected chi connectivity index (χ2v) is 6.91. The third-order valence-corrected chi connectivity index (χ3v) is 4.64. The van der Waals surface area contributed by atoms with Crippen molar-refractivity contribution in [3.8, 4) is 0 Å². The van der Waals surface area contributed by atoms with Crippen LogP contribution in [0.5, 0.6) is 0 Å². The topological polar surface area (TPSA) is 86.8 Å². The van der Waals surface area contributed by atoms with Crippen molar-refractivity contribution in [3.63, 3.8) is 0 Å². The number of imide groups is 1. The molecule has 2 aromatic rings. The van der Waals surface area contributed by atoms with Gasteiger partial charge in [0.1, 0.15) is 0 Å². The van der Waals surface area contributed by atoms with E-state index in [1.807, 2.05) is 0 Å². The number of carbonyl (C=O) groups excluding carboxylic acids is 4. The molecule has 1 aliphatic heterocycles. The Balaban J connectivity index is 1.61. The lowest BCUT2D eigenvalue weighted by atomic mass is 10.1. The molecule has 7 nitrogen and oxygen atoms in total. The number of carbonyl (C=O) groups is 4. The molecule has 0 saturated carbocycles.